The molecule has 1 heterocycles. The molecule has 0 aliphatic rings. The van der Waals surface area contributed by atoms with Gasteiger partial charge in [-0.1, -0.05) is 6.92 Å². The number of pyridine rings is 1. The average Bonchev–Trinajstić information content (AvgIpc) is 2.45. The van der Waals surface area contributed by atoms with E-state index in [1.807, 2.05) is 6.92 Å². The SMILES string of the molecule is CCSCCC(NC(=O)c1ccnc(NC(C)=O)c1)C(=O)O. The average molecular weight is 325 g/mol. The van der Waals surface area contributed by atoms with E-state index in [1.165, 1.54) is 25.3 Å². The van der Waals surface area contributed by atoms with Crippen molar-refractivity contribution >= 4 is 35.4 Å². The normalized spacial score (nSPS) is 11.5. The Morgan fingerprint density at radius 1 is 1.41 bits per heavy atom. The Morgan fingerprint density at radius 3 is 2.73 bits per heavy atom. The monoisotopic (exact) mass is 325 g/mol. The van der Waals surface area contributed by atoms with Crippen molar-refractivity contribution < 1.29 is 19.5 Å². The zero-order chi connectivity index (χ0) is 16.5. The van der Waals surface area contributed by atoms with Crippen LogP contribution in [0.2, 0.25) is 0 Å². The highest BCUT2D eigenvalue weighted by molar-refractivity contribution is 7.99. The van der Waals surface area contributed by atoms with Crippen LogP contribution in [0.3, 0.4) is 0 Å². The highest BCUT2D eigenvalue weighted by Crippen LogP contribution is 2.09. The van der Waals surface area contributed by atoms with Crippen molar-refractivity contribution in [2.45, 2.75) is 26.3 Å². The van der Waals surface area contributed by atoms with Crippen molar-refractivity contribution in [3.63, 3.8) is 0 Å². The van der Waals surface area contributed by atoms with Gasteiger partial charge in [-0.05, 0) is 30.1 Å². The molecule has 0 fully saturated rings. The third kappa shape index (κ3) is 6.13. The Hall–Kier alpha value is -2.09. The van der Waals surface area contributed by atoms with E-state index in [4.69, 9.17) is 5.11 Å². The lowest BCUT2D eigenvalue weighted by Gasteiger charge is -2.14. The van der Waals surface area contributed by atoms with E-state index in [9.17, 15) is 14.4 Å². The quantitative estimate of drug-likeness (QED) is 0.623. The predicted octanol–water partition coefficient (Wildman–Crippen LogP) is 1.37. The van der Waals surface area contributed by atoms with Gasteiger partial charge in [-0.2, -0.15) is 11.8 Å². The highest BCUT2D eigenvalue weighted by Gasteiger charge is 2.20. The molecule has 0 saturated carbocycles. The number of carbonyl (C=O) groups excluding carboxylic acids is 2. The van der Waals surface area contributed by atoms with Crippen LogP contribution in [0.5, 0.6) is 0 Å². The van der Waals surface area contributed by atoms with Gasteiger partial charge >= 0.3 is 5.97 Å². The number of amides is 2. The third-order valence-corrected chi connectivity index (χ3v) is 3.62. The number of aromatic nitrogens is 1. The second kappa shape index (κ2) is 9.04. The molecule has 0 aliphatic heterocycles. The van der Waals surface area contributed by atoms with Gasteiger partial charge in [0.05, 0.1) is 0 Å². The summed E-state index contributed by atoms with van der Waals surface area (Å²) in [6, 6.07) is 1.92. The Balaban J connectivity index is 2.72. The van der Waals surface area contributed by atoms with Crippen LogP contribution in [-0.4, -0.2) is 45.4 Å². The maximum absolute atomic E-state index is 12.1. The van der Waals surface area contributed by atoms with Crippen LogP contribution in [-0.2, 0) is 9.59 Å². The molecule has 2 amide bonds. The minimum Gasteiger partial charge on any atom is -0.480 e. The number of carbonyl (C=O) groups is 3. The molecule has 0 radical (unpaired) electrons. The molecular weight excluding hydrogens is 306 g/mol. The van der Waals surface area contributed by atoms with E-state index in [1.54, 1.807) is 11.8 Å². The molecule has 22 heavy (non-hydrogen) atoms. The van der Waals surface area contributed by atoms with Crippen molar-refractivity contribution in [2.75, 3.05) is 16.8 Å². The first-order valence-electron chi connectivity index (χ1n) is 6.79. The number of aliphatic carboxylic acids is 1. The summed E-state index contributed by atoms with van der Waals surface area (Å²) in [5.74, 6) is -0.0888. The molecule has 7 nitrogen and oxygen atoms in total. The van der Waals surface area contributed by atoms with Crippen molar-refractivity contribution in [2.24, 2.45) is 0 Å². The Labute approximate surface area is 132 Å². The van der Waals surface area contributed by atoms with Crippen LogP contribution < -0.4 is 10.6 Å². The van der Waals surface area contributed by atoms with Crippen LogP contribution in [0, 0.1) is 0 Å². The molecule has 120 valence electrons. The highest BCUT2D eigenvalue weighted by atomic mass is 32.2. The smallest absolute Gasteiger partial charge is 0.326 e. The van der Waals surface area contributed by atoms with Gasteiger partial charge in [-0.3, -0.25) is 9.59 Å². The van der Waals surface area contributed by atoms with E-state index in [0.717, 1.165) is 5.75 Å². The predicted molar refractivity (Wildman–Crippen MR) is 85.0 cm³/mol. The lowest BCUT2D eigenvalue weighted by atomic mass is 10.2. The molecule has 8 heteroatoms. The molecule has 1 rings (SSSR count). The summed E-state index contributed by atoms with van der Waals surface area (Å²) < 4.78 is 0. The number of thioether (sulfide) groups is 1. The second-order valence-corrected chi connectivity index (χ2v) is 5.85. The number of nitrogens with one attached hydrogen (secondary N) is 2. The van der Waals surface area contributed by atoms with Crippen LogP contribution in [0.1, 0.15) is 30.6 Å². The summed E-state index contributed by atoms with van der Waals surface area (Å²) >= 11 is 1.61. The maximum Gasteiger partial charge on any atom is 0.326 e. The van der Waals surface area contributed by atoms with Crippen LogP contribution >= 0.6 is 11.8 Å². The van der Waals surface area contributed by atoms with Crippen LogP contribution in [0.15, 0.2) is 18.3 Å². The molecule has 0 bridgehead atoms. The molecule has 1 atom stereocenters. The van der Waals surface area contributed by atoms with E-state index >= 15 is 0 Å². The number of anilines is 1. The zero-order valence-corrected chi connectivity index (χ0v) is 13.3. The number of carboxylic acid groups (broad SMARTS) is 1. The van der Waals surface area contributed by atoms with E-state index in [0.29, 0.717) is 12.2 Å². The van der Waals surface area contributed by atoms with Gasteiger partial charge in [-0.25, -0.2) is 9.78 Å². The Kier molecular flexibility index (Phi) is 7.38. The van der Waals surface area contributed by atoms with Gasteiger partial charge in [0, 0.05) is 18.7 Å². The molecule has 1 aromatic rings. The van der Waals surface area contributed by atoms with Gasteiger partial charge in [0.15, 0.2) is 0 Å². The van der Waals surface area contributed by atoms with Crippen molar-refractivity contribution in [1.29, 1.82) is 0 Å². The van der Waals surface area contributed by atoms with E-state index in [-0.39, 0.29) is 17.3 Å². The fourth-order valence-electron chi connectivity index (χ4n) is 1.66. The van der Waals surface area contributed by atoms with E-state index in [2.05, 4.69) is 15.6 Å². The summed E-state index contributed by atoms with van der Waals surface area (Å²) in [4.78, 5) is 38.2. The number of hydrogen-bond donors (Lipinski definition) is 3. The lowest BCUT2D eigenvalue weighted by molar-refractivity contribution is -0.139. The first-order chi connectivity index (χ1) is 10.4. The van der Waals surface area contributed by atoms with Crippen LogP contribution in [0.4, 0.5) is 5.82 Å². The topological polar surface area (TPSA) is 108 Å². The zero-order valence-electron chi connectivity index (χ0n) is 12.5. The maximum atomic E-state index is 12.1. The standard InChI is InChI=1S/C14H19N3O4S/c1-3-22-7-5-11(14(20)21)17-13(19)10-4-6-15-12(8-10)16-9(2)18/h4,6,8,11H,3,5,7H2,1-2H3,(H,17,19)(H,20,21)(H,15,16,18). The molecule has 0 aromatic carbocycles. The van der Waals surface area contributed by atoms with Crippen molar-refractivity contribution in [3.05, 3.63) is 23.9 Å². The summed E-state index contributed by atoms with van der Waals surface area (Å²) in [6.45, 7) is 3.32. The molecule has 3 N–H and O–H groups in total. The summed E-state index contributed by atoms with van der Waals surface area (Å²) in [6.07, 6.45) is 1.73. The molecular formula is C14H19N3O4S. The minimum atomic E-state index is -1.07. The fraction of sp³-hybridized carbons (Fsp3) is 0.429. The number of hydrogen-bond acceptors (Lipinski definition) is 5. The molecule has 1 unspecified atom stereocenters. The molecule has 0 aliphatic carbocycles. The molecule has 1 aromatic heterocycles. The van der Waals surface area contributed by atoms with Gasteiger partial charge in [0.25, 0.3) is 5.91 Å². The second-order valence-electron chi connectivity index (χ2n) is 4.46. The minimum absolute atomic E-state index is 0.244. The van der Waals surface area contributed by atoms with Crippen molar-refractivity contribution in [1.82, 2.24) is 10.3 Å². The number of carboxylic acids is 1. The largest absolute Gasteiger partial charge is 0.480 e. The molecule has 0 spiro atoms. The van der Waals surface area contributed by atoms with Gasteiger partial charge < -0.3 is 15.7 Å². The third-order valence-electron chi connectivity index (χ3n) is 2.68. The van der Waals surface area contributed by atoms with Gasteiger partial charge in [0.2, 0.25) is 5.91 Å². The summed E-state index contributed by atoms with van der Waals surface area (Å²) in [5.41, 5.74) is 0.244. The van der Waals surface area contributed by atoms with E-state index < -0.39 is 17.9 Å². The summed E-state index contributed by atoms with van der Waals surface area (Å²) in [7, 11) is 0. The molecule has 0 saturated heterocycles. The lowest BCUT2D eigenvalue weighted by Crippen LogP contribution is -2.41. The van der Waals surface area contributed by atoms with Crippen molar-refractivity contribution in [3.8, 4) is 0 Å². The first kappa shape index (κ1) is 18.0. The fourth-order valence-corrected chi connectivity index (χ4v) is 2.36. The van der Waals surface area contributed by atoms with Gasteiger partial charge in [-0.15, -0.1) is 0 Å². The number of nitrogens with zero attached hydrogens (tertiary/aromatic N) is 1. The first-order valence-corrected chi connectivity index (χ1v) is 7.94. The van der Waals surface area contributed by atoms with Gasteiger partial charge in [0.1, 0.15) is 11.9 Å². The number of rotatable bonds is 8. The summed E-state index contributed by atoms with van der Waals surface area (Å²) in [5, 5.41) is 14.1. The van der Waals surface area contributed by atoms with Crippen LogP contribution in [0.25, 0.3) is 0 Å². The Bertz CT molecular complexity index is 551. The Morgan fingerprint density at radius 2 is 2.14 bits per heavy atom.